The summed E-state index contributed by atoms with van der Waals surface area (Å²) in [5.74, 6) is 2.45. The van der Waals surface area contributed by atoms with E-state index < -0.39 is 10.8 Å². The van der Waals surface area contributed by atoms with Crippen molar-refractivity contribution in [3.8, 4) is 11.5 Å². The second-order valence-corrected chi connectivity index (χ2v) is 8.03. The predicted octanol–water partition coefficient (Wildman–Crippen LogP) is 4.07. The Kier molecular flexibility index (Phi) is 10.4. The zero-order chi connectivity index (χ0) is 15.8. The first-order valence-electron chi connectivity index (χ1n) is 8.46. The summed E-state index contributed by atoms with van der Waals surface area (Å²) in [5, 5.41) is 0.191. The Morgan fingerprint density at radius 3 is 2.57 bits per heavy atom. The van der Waals surface area contributed by atoms with E-state index in [1.165, 1.54) is 37.7 Å². The van der Waals surface area contributed by atoms with Crippen molar-refractivity contribution in [1.82, 2.24) is 0 Å². The van der Waals surface area contributed by atoms with Crippen molar-refractivity contribution < 1.29 is 13.7 Å². The number of rotatable bonds is 10. The van der Waals surface area contributed by atoms with Gasteiger partial charge in [-0.25, -0.2) is 0 Å². The average Bonchev–Trinajstić information content (AvgIpc) is 2.98. The molecule has 0 N–H and O–H groups in total. The van der Waals surface area contributed by atoms with Gasteiger partial charge in [0.05, 0.1) is 0 Å². The molecule has 1 aromatic carbocycles. The molecule has 1 aliphatic heterocycles. The van der Waals surface area contributed by atoms with Gasteiger partial charge in [0.2, 0.25) is 6.79 Å². The van der Waals surface area contributed by atoms with Gasteiger partial charge >= 0.3 is 0 Å². The van der Waals surface area contributed by atoms with E-state index in [1.54, 1.807) is 0 Å². The van der Waals surface area contributed by atoms with Gasteiger partial charge < -0.3 is 9.47 Å². The van der Waals surface area contributed by atoms with Crippen LogP contribution in [0.25, 0.3) is 0 Å². The molecule has 0 bridgehead atoms. The standard InChI is InChI=1S/C18H28O3S.Pb/c1-3-4-5-6-7-8-11-22(19)15(2)12-16-9-10-17-18(13-16)21-14-20-17;/h9-10,13,15H,3-8,11-12,14H2,1-2H3;. The molecule has 0 saturated carbocycles. The van der Waals surface area contributed by atoms with E-state index in [0.717, 1.165) is 30.1 Å². The van der Waals surface area contributed by atoms with Crippen LogP contribution < -0.4 is 9.47 Å². The third kappa shape index (κ3) is 7.12. The van der Waals surface area contributed by atoms with Gasteiger partial charge in [-0.2, -0.15) is 0 Å². The van der Waals surface area contributed by atoms with E-state index in [4.69, 9.17) is 9.47 Å². The Bertz CT molecular complexity index is 493. The molecule has 1 heterocycles. The number of fused-ring (bicyclic) bond motifs is 1. The minimum absolute atomic E-state index is 0. The van der Waals surface area contributed by atoms with Crippen molar-refractivity contribution in [1.29, 1.82) is 0 Å². The zero-order valence-electron chi connectivity index (χ0n) is 14.3. The first-order chi connectivity index (χ1) is 10.7. The molecule has 1 aromatic rings. The Labute approximate surface area is 163 Å². The van der Waals surface area contributed by atoms with Crippen LogP contribution in [0.4, 0.5) is 0 Å². The van der Waals surface area contributed by atoms with E-state index in [9.17, 15) is 4.21 Å². The summed E-state index contributed by atoms with van der Waals surface area (Å²) in [7, 11) is -0.743. The molecule has 0 amide bonds. The molecule has 2 unspecified atom stereocenters. The topological polar surface area (TPSA) is 35.5 Å². The number of ether oxygens (including phenoxy) is 2. The van der Waals surface area contributed by atoms with E-state index in [1.807, 2.05) is 18.2 Å². The van der Waals surface area contributed by atoms with E-state index in [-0.39, 0.29) is 32.5 Å². The molecule has 0 spiro atoms. The van der Waals surface area contributed by atoms with Gasteiger partial charge in [-0.05, 0) is 30.5 Å². The summed E-state index contributed by atoms with van der Waals surface area (Å²) in [6, 6.07) is 6.01. The maximum Gasteiger partial charge on any atom is 0.231 e. The molecular weight excluding hydrogens is 503 g/mol. The quantitative estimate of drug-likeness (QED) is 0.337. The van der Waals surface area contributed by atoms with Crippen LogP contribution in [0.1, 0.15) is 57.9 Å². The molecule has 1 aliphatic rings. The molecule has 0 aromatic heterocycles. The van der Waals surface area contributed by atoms with Gasteiger partial charge in [-0.15, -0.1) is 0 Å². The van der Waals surface area contributed by atoms with E-state index in [2.05, 4.69) is 13.8 Å². The first kappa shape index (κ1) is 20.9. The van der Waals surface area contributed by atoms with Crippen LogP contribution in [0.3, 0.4) is 0 Å². The van der Waals surface area contributed by atoms with Crippen molar-refractivity contribution in [3.63, 3.8) is 0 Å². The number of hydrogen-bond donors (Lipinski definition) is 0. The predicted molar refractivity (Wildman–Crippen MR) is 97.9 cm³/mol. The molecule has 4 radical (unpaired) electrons. The molecule has 0 aliphatic carbocycles. The van der Waals surface area contributed by atoms with Crippen molar-refractivity contribution >= 4 is 38.1 Å². The van der Waals surface area contributed by atoms with Gasteiger partial charge in [0, 0.05) is 49.1 Å². The maximum absolute atomic E-state index is 12.3. The fraction of sp³-hybridized carbons (Fsp3) is 0.667. The van der Waals surface area contributed by atoms with Crippen LogP contribution in [-0.2, 0) is 17.2 Å². The Balaban J connectivity index is 0.00000264. The molecular formula is C18H28O3PbS. The average molecular weight is 532 g/mol. The van der Waals surface area contributed by atoms with E-state index >= 15 is 0 Å². The molecule has 23 heavy (non-hydrogen) atoms. The van der Waals surface area contributed by atoms with Crippen LogP contribution in [-0.4, -0.2) is 49.3 Å². The molecule has 2 rings (SSSR count). The van der Waals surface area contributed by atoms with Crippen LogP contribution >= 0.6 is 0 Å². The molecule has 128 valence electrons. The summed E-state index contributed by atoms with van der Waals surface area (Å²) in [6.45, 7) is 4.61. The molecule has 0 fully saturated rings. The Morgan fingerprint density at radius 2 is 1.78 bits per heavy atom. The summed E-state index contributed by atoms with van der Waals surface area (Å²) < 4.78 is 23.0. The SMILES string of the molecule is CCCCCCCCS(=O)C(C)Cc1ccc2c(c1)OCO2.[Pb]. The Morgan fingerprint density at radius 1 is 1.09 bits per heavy atom. The van der Waals surface area contributed by atoms with Crippen molar-refractivity contribution in [2.75, 3.05) is 12.5 Å². The Hall–Kier alpha value is -0.108. The molecule has 0 saturated heterocycles. The second-order valence-electron chi connectivity index (χ2n) is 6.05. The van der Waals surface area contributed by atoms with Gasteiger partial charge in [0.25, 0.3) is 0 Å². The van der Waals surface area contributed by atoms with Crippen LogP contribution in [0.15, 0.2) is 18.2 Å². The number of unbranched alkanes of at least 4 members (excludes halogenated alkanes) is 5. The van der Waals surface area contributed by atoms with Gasteiger partial charge in [0.1, 0.15) is 0 Å². The van der Waals surface area contributed by atoms with Crippen LogP contribution in [0, 0.1) is 0 Å². The van der Waals surface area contributed by atoms with Crippen molar-refractivity contribution in [2.45, 2.75) is 64.0 Å². The summed E-state index contributed by atoms with van der Waals surface area (Å²) in [4.78, 5) is 0. The monoisotopic (exact) mass is 532 g/mol. The van der Waals surface area contributed by atoms with Crippen LogP contribution in [0.5, 0.6) is 11.5 Å². The minimum Gasteiger partial charge on any atom is -0.454 e. The fourth-order valence-electron chi connectivity index (χ4n) is 2.72. The molecule has 3 nitrogen and oxygen atoms in total. The van der Waals surface area contributed by atoms with Crippen molar-refractivity contribution in [2.24, 2.45) is 0 Å². The van der Waals surface area contributed by atoms with E-state index in [0.29, 0.717) is 6.79 Å². The fourth-order valence-corrected chi connectivity index (χ4v) is 3.99. The normalized spacial score (nSPS) is 15.0. The minimum atomic E-state index is -0.743. The smallest absolute Gasteiger partial charge is 0.231 e. The first-order valence-corrected chi connectivity index (χ1v) is 9.84. The largest absolute Gasteiger partial charge is 0.454 e. The third-order valence-corrected chi connectivity index (χ3v) is 5.86. The number of hydrogen-bond acceptors (Lipinski definition) is 3. The maximum atomic E-state index is 12.3. The van der Waals surface area contributed by atoms with Gasteiger partial charge in [0.15, 0.2) is 11.5 Å². The van der Waals surface area contributed by atoms with Crippen LogP contribution in [0.2, 0.25) is 0 Å². The van der Waals surface area contributed by atoms with Crippen molar-refractivity contribution in [3.05, 3.63) is 23.8 Å². The molecule has 5 heteroatoms. The summed E-state index contributed by atoms with van der Waals surface area (Å²) in [5.41, 5.74) is 1.17. The third-order valence-electron chi connectivity index (χ3n) is 4.11. The molecule has 2 atom stereocenters. The second kappa shape index (κ2) is 11.4. The van der Waals surface area contributed by atoms with Gasteiger partial charge in [-0.3, -0.25) is 4.21 Å². The number of benzene rings is 1. The summed E-state index contributed by atoms with van der Waals surface area (Å²) >= 11 is 0. The summed E-state index contributed by atoms with van der Waals surface area (Å²) in [6.07, 6.45) is 8.32. The van der Waals surface area contributed by atoms with Gasteiger partial charge in [-0.1, -0.05) is 52.0 Å². The zero-order valence-corrected chi connectivity index (χ0v) is 19.0.